The lowest BCUT2D eigenvalue weighted by Gasteiger charge is -2.33. The first-order chi connectivity index (χ1) is 20.8. The standard InChI is InChI=1S/C41H38N2/c1-40(2)33-24-26(36-19-11-13-23-43(36)5)20-21-29(33)27-14-7-9-17-31(27)38-39(40)37-30-16-8-6-15-28(30)32(25-34(37)41(38,3)4)35-18-10-12-22-42-35/h6-25,35-36,42H,1-5H3. The first kappa shape index (κ1) is 26.1. The van der Waals surface area contributed by atoms with Crippen molar-refractivity contribution < 1.29 is 0 Å². The van der Waals surface area contributed by atoms with Crippen LogP contribution in [0.3, 0.4) is 0 Å². The number of allylic oxidation sites excluding steroid dienone is 6. The third kappa shape index (κ3) is 3.65. The molecule has 0 saturated carbocycles. The fraction of sp³-hybridized carbons (Fsp3) is 0.220. The SMILES string of the molecule is CN1C=CC=CC1c1ccc2c(c1)C(C)(C)C1=C(c3ccccc3-2)C(C)(C)c2cc(C3C=CC=CN3)c3ccccc3c21. The second kappa shape index (κ2) is 9.22. The van der Waals surface area contributed by atoms with Crippen molar-refractivity contribution in [1.82, 2.24) is 10.2 Å². The Morgan fingerprint density at radius 1 is 0.651 bits per heavy atom. The molecule has 2 aliphatic carbocycles. The minimum atomic E-state index is -0.231. The van der Waals surface area contributed by atoms with Crippen LogP contribution in [-0.2, 0) is 10.8 Å². The van der Waals surface area contributed by atoms with Crippen molar-refractivity contribution in [2.45, 2.75) is 50.6 Å². The molecule has 0 aromatic heterocycles. The fourth-order valence-corrected chi connectivity index (χ4v) is 8.23. The fourth-order valence-electron chi connectivity index (χ4n) is 8.23. The summed E-state index contributed by atoms with van der Waals surface area (Å²) in [6.07, 6.45) is 17.3. The van der Waals surface area contributed by atoms with E-state index < -0.39 is 0 Å². The van der Waals surface area contributed by atoms with Crippen LogP contribution >= 0.6 is 0 Å². The van der Waals surface area contributed by atoms with Gasteiger partial charge in [0.25, 0.3) is 0 Å². The van der Waals surface area contributed by atoms with Crippen LogP contribution in [0.2, 0.25) is 0 Å². The molecule has 8 rings (SSSR count). The third-order valence-electron chi connectivity index (χ3n) is 10.3. The zero-order chi connectivity index (χ0) is 29.5. The Bertz CT molecular complexity index is 1980. The normalized spacial score (nSPS) is 22.1. The zero-order valence-corrected chi connectivity index (χ0v) is 25.6. The summed E-state index contributed by atoms with van der Waals surface area (Å²) in [7, 11) is 2.17. The first-order valence-electron chi connectivity index (χ1n) is 15.5. The molecule has 4 aromatic rings. The molecule has 0 amide bonds. The van der Waals surface area contributed by atoms with Crippen molar-refractivity contribution in [1.29, 1.82) is 0 Å². The van der Waals surface area contributed by atoms with Gasteiger partial charge in [-0.2, -0.15) is 0 Å². The quantitative estimate of drug-likeness (QED) is 0.263. The van der Waals surface area contributed by atoms with Gasteiger partial charge in [0.2, 0.25) is 0 Å². The first-order valence-corrected chi connectivity index (χ1v) is 15.5. The number of nitrogens with zero attached hydrogens (tertiary/aromatic N) is 1. The molecule has 212 valence electrons. The Kier molecular flexibility index (Phi) is 5.59. The van der Waals surface area contributed by atoms with E-state index >= 15 is 0 Å². The maximum atomic E-state index is 3.61. The van der Waals surface area contributed by atoms with Gasteiger partial charge in [-0.25, -0.2) is 0 Å². The van der Waals surface area contributed by atoms with E-state index in [1.54, 1.807) is 0 Å². The minimum Gasteiger partial charge on any atom is -0.381 e. The van der Waals surface area contributed by atoms with Gasteiger partial charge in [-0.1, -0.05) is 125 Å². The molecule has 2 aliphatic heterocycles. The van der Waals surface area contributed by atoms with Crippen LogP contribution in [0.5, 0.6) is 0 Å². The van der Waals surface area contributed by atoms with Crippen LogP contribution in [0.4, 0.5) is 0 Å². The van der Waals surface area contributed by atoms with Gasteiger partial charge >= 0.3 is 0 Å². The van der Waals surface area contributed by atoms with E-state index in [-0.39, 0.29) is 22.9 Å². The molecular weight excluding hydrogens is 520 g/mol. The highest BCUT2D eigenvalue weighted by Crippen LogP contribution is 2.62. The van der Waals surface area contributed by atoms with Gasteiger partial charge < -0.3 is 10.2 Å². The predicted octanol–water partition coefficient (Wildman–Crippen LogP) is 9.77. The minimum absolute atomic E-state index is 0.148. The molecule has 0 saturated heterocycles. The van der Waals surface area contributed by atoms with Crippen LogP contribution < -0.4 is 5.32 Å². The molecule has 0 bridgehead atoms. The molecule has 0 radical (unpaired) electrons. The van der Waals surface area contributed by atoms with Crippen molar-refractivity contribution in [2.75, 3.05) is 7.05 Å². The van der Waals surface area contributed by atoms with Crippen molar-refractivity contribution in [3.05, 3.63) is 155 Å². The molecule has 2 atom stereocenters. The highest BCUT2D eigenvalue weighted by atomic mass is 15.1. The molecule has 43 heavy (non-hydrogen) atoms. The zero-order valence-electron chi connectivity index (χ0n) is 25.6. The van der Waals surface area contributed by atoms with Gasteiger partial charge in [0.05, 0.1) is 12.1 Å². The number of hydrogen-bond donors (Lipinski definition) is 1. The van der Waals surface area contributed by atoms with Gasteiger partial charge in [-0.05, 0) is 91.0 Å². The van der Waals surface area contributed by atoms with E-state index in [4.69, 9.17) is 0 Å². The molecular formula is C41H38N2. The average molecular weight is 559 g/mol. The summed E-state index contributed by atoms with van der Waals surface area (Å²) in [4.78, 5) is 2.30. The van der Waals surface area contributed by atoms with Gasteiger partial charge in [-0.15, -0.1) is 0 Å². The van der Waals surface area contributed by atoms with Gasteiger partial charge in [0.15, 0.2) is 0 Å². The van der Waals surface area contributed by atoms with Gasteiger partial charge in [-0.3, -0.25) is 0 Å². The second-order valence-electron chi connectivity index (χ2n) is 13.5. The Morgan fingerprint density at radius 2 is 1.37 bits per heavy atom. The number of benzene rings is 4. The van der Waals surface area contributed by atoms with E-state index in [9.17, 15) is 0 Å². The number of nitrogens with one attached hydrogen (secondary N) is 1. The van der Waals surface area contributed by atoms with Crippen molar-refractivity contribution in [3.63, 3.8) is 0 Å². The monoisotopic (exact) mass is 558 g/mol. The number of likely N-dealkylation sites (N-methyl/N-ethyl adjacent to an activating group) is 1. The lowest BCUT2D eigenvalue weighted by atomic mass is 9.71. The average Bonchev–Trinajstić information content (AvgIpc) is 3.23. The van der Waals surface area contributed by atoms with Crippen LogP contribution in [0, 0.1) is 0 Å². The summed E-state index contributed by atoms with van der Waals surface area (Å²) in [5.74, 6) is 0. The molecule has 1 N–H and O–H groups in total. The molecule has 2 heteroatoms. The number of rotatable bonds is 2. The van der Waals surface area contributed by atoms with Crippen molar-refractivity contribution in [2.24, 2.45) is 0 Å². The largest absolute Gasteiger partial charge is 0.381 e. The smallest absolute Gasteiger partial charge is 0.0721 e. The Balaban J connectivity index is 1.45. The van der Waals surface area contributed by atoms with E-state index in [1.165, 1.54) is 66.4 Å². The summed E-state index contributed by atoms with van der Waals surface area (Å²) in [5, 5.41) is 6.28. The Morgan fingerprint density at radius 3 is 2.14 bits per heavy atom. The van der Waals surface area contributed by atoms with E-state index in [2.05, 4.69) is 167 Å². The predicted molar refractivity (Wildman–Crippen MR) is 182 cm³/mol. The topological polar surface area (TPSA) is 15.3 Å². The number of dihydropyridines is 1. The molecule has 2 nitrogen and oxygen atoms in total. The highest BCUT2D eigenvalue weighted by molar-refractivity contribution is 6.15. The number of fused-ring (bicyclic) bond motifs is 8. The van der Waals surface area contributed by atoms with Gasteiger partial charge in [0.1, 0.15) is 0 Å². The molecule has 0 spiro atoms. The third-order valence-corrected chi connectivity index (χ3v) is 10.3. The van der Waals surface area contributed by atoms with E-state index in [1.807, 2.05) is 0 Å². The molecule has 2 unspecified atom stereocenters. The maximum Gasteiger partial charge on any atom is 0.0721 e. The van der Waals surface area contributed by atoms with Crippen LogP contribution in [0.1, 0.15) is 73.2 Å². The summed E-state index contributed by atoms with van der Waals surface area (Å²) < 4.78 is 0. The van der Waals surface area contributed by atoms with Crippen molar-refractivity contribution >= 4 is 21.9 Å². The number of hydrogen-bond acceptors (Lipinski definition) is 2. The lowest BCUT2D eigenvalue weighted by molar-refractivity contribution is 0.389. The van der Waals surface area contributed by atoms with Crippen LogP contribution in [0.15, 0.2) is 122 Å². The van der Waals surface area contributed by atoms with Crippen LogP contribution in [-0.4, -0.2) is 11.9 Å². The van der Waals surface area contributed by atoms with E-state index in [0.717, 1.165) is 0 Å². The lowest BCUT2D eigenvalue weighted by Crippen LogP contribution is -2.23. The summed E-state index contributed by atoms with van der Waals surface area (Å²) >= 11 is 0. The summed E-state index contributed by atoms with van der Waals surface area (Å²) in [6, 6.07) is 28.3. The Labute approximate surface area is 255 Å². The highest BCUT2D eigenvalue weighted by Gasteiger charge is 2.48. The molecule has 4 aromatic carbocycles. The summed E-state index contributed by atoms with van der Waals surface area (Å²) in [6.45, 7) is 9.81. The maximum absolute atomic E-state index is 3.61. The molecule has 2 heterocycles. The second-order valence-corrected chi connectivity index (χ2v) is 13.5. The Hall–Kier alpha value is -4.56. The van der Waals surface area contributed by atoms with Gasteiger partial charge in [0, 0.05) is 17.9 Å². The molecule has 0 fully saturated rings. The summed E-state index contributed by atoms with van der Waals surface area (Å²) in [5.41, 5.74) is 13.5. The molecule has 4 aliphatic rings. The van der Waals surface area contributed by atoms with Crippen molar-refractivity contribution in [3.8, 4) is 11.1 Å². The van der Waals surface area contributed by atoms with E-state index in [0.29, 0.717) is 0 Å². The van der Waals surface area contributed by atoms with Crippen LogP contribution in [0.25, 0.3) is 33.0 Å².